The van der Waals surface area contributed by atoms with Crippen molar-refractivity contribution in [2.24, 2.45) is 0 Å². The second kappa shape index (κ2) is 2.77. The number of carboxylic acids is 1. The lowest BCUT2D eigenvalue weighted by Gasteiger charge is -1.90. The Morgan fingerprint density at radius 1 is 1.62 bits per heavy atom. The first-order valence-electron chi connectivity index (χ1n) is 3.63. The Bertz CT molecular complexity index is 478. The normalized spacial score (nSPS) is 10.5. The predicted octanol–water partition coefficient (Wildman–Crippen LogP) is 1.70. The summed E-state index contributed by atoms with van der Waals surface area (Å²) in [5.74, 6) is -1.23. The van der Waals surface area contributed by atoms with Gasteiger partial charge in [0.05, 0.1) is 0 Å². The van der Waals surface area contributed by atoms with Crippen molar-refractivity contribution in [1.82, 2.24) is 9.97 Å². The molecule has 0 amide bonds. The van der Waals surface area contributed by atoms with Crippen LogP contribution < -0.4 is 0 Å². The van der Waals surface area contributed by atoms with Crippen molar-refractivity contribution in [2.45, 2.75) is 6.92 Å². The number of hydrogen-bond acceptors (Lipinski definition) is 4. The largest absolute Gasteiger partial charge is 0.475 e. The Hall–Kier alpha value is -1.49. The van der Waals surface area contributed by atoms with Gasteiger partial charge in [-0.25, -0.2) is 14.8 Å². The van der Waals surface area contributed by atoms with Crippen LogP contribution in [0.1, 0.15) is 15.5 Å². The predicted molar refractivity (Wildman–Crippen MR) is 49.1 cm³/mol. The maximum absolute atomic E-state index is 10.5. The summed E-state index contributed by atoms with van der Waals surface area (Å²) in [7, 11) is 0. The molecular formula is C8H6N2O2S. The van der Waals surface area contributed by atoms with E-state index >= 15 is 0 Å². The zero-order valence-corrected chi connectivity index (χ0v) is 7.63. The second-order valence-electron chi connectivity index (χ2n) is 2.62. The molecule has 1 N–H and O–H groups in total. The van der Waals surface area contributed by atoms with E-state index in [1.807, 2.05) is 13.0 Å². The molecule has 0 saturated heterocycles. The Morgan fingerprint density at radius 2 is 2.38 bits per heavy atom. The molecule has 2 aromatic rings. The Morgan fingerprint density at radius 3 is 3.08 bits per heavy atom. The van der Waals surface area contributed by atoms with E-state index in [1.165, 1.54) is 17.5 Å². The molecular weight excluding hydrogens is 188 g/mol. The molecule has 0 aliphatic carbocycles. The van der Waals surface area contributed by atoms with Crippen LogP contribution in [-0.4, -0.2) is 21.0 Å². The van der Waals surface area contributed by atoms with E-state index in [-0.39, 0.29) is 5.82 Å². The average Bonchev–Trinajstić information content (AvgIpc) is 2.42. The number of aromatic carboxylic acids is 1. The first-order chi connectivity index (χ1) is 6.16. The van der Waals surface area contributed by atoms with Crippen LogP contribution in [0.25, 0.3) is 10.2 Å². The number of fused-ring (bicyclic) bond motifs is 1. The second-order valence-corrected chi connectivity index (χ2v) is 3.85. The molecule has 0 atom stereocenters. The number of carboxylic acid groups (broad SMARTS) is 1. The third-order valence-corrected chi connectivity index (χ3v) is 2.55. The number of carbonyl (C=O) groups is 1. The lowest BCUT2D eigenvalue weighted by molar-refractivity contribution is 0.0684. The molecule has 0 aliphatic heterocycles. The summed E-state index contributed by atoms with van der Waals surface area (Å²) in [5, 5.41) is 9.53. The van der Waals surface area contributed by atoms with Gasteiger partial charge >= 0.3 is 5.97 Å². The smallest absolute Gasteiger partial charge is 0.373 e. The van der Waals surface area contributed by atoms with Gasteiger partial charge in [0.1, 0.15) is 4.83 Å². The highest BCUT2D eigenvalue weighted by molar-refractivity contribution is 7.18. The van der Waals surface area contributed by atoms with Crippen LogP contribution in [0, 0.1) is 6.92 Å². The number of nitrogens with zero attached hydrogens (tertiary/aromatic N) is 2. The minimum atomic E-state index is -1.09. The molecule has 2 heterocycles. The summed E-state index contributed by atoms with van der Waals surface area (Å²) in [4.78, 5) is 20.0. The van der Waals surface area contributed by atoms with Crippen molar-refractivity contribution in [3.05, 3.63) is 23.0 Å². The molecule has 0 unspecified atom stereocenters. The van der Waals surface area contributed by atoms with E-state index in [9.17, 15) is 4.79 Å². The first-order valence-corrected chi connectivity index (χ1v) is 4.45. The molecule has 66 valence electrons. The Kier molecular flexibility index (Phi) is 1.73. The molecule has 0 saturated carbocycles. The Labute approximate surface area is 77.9 Å². The summed E-state index contributed by atoms with van der Waals surface area (Å²) in [6, 6.07) is 1.94. The number of aryl methyl sites for hydroxylation is 1. The van der Waals surface area contributed by atoms with Crippen LogP contribution in [0.15, 0.2) is 12.3 Å². The average molecular weight is 194 g/mol. The van der Waals surface area contributed by atoms with Crippen LogP contribution in [0.3, 0.4) is 0 Å². The van der Waals surface area contributed by atoms with E-state index < -0.39 is 5.97 Å². The molecule has 4 nitrogen and oxygen atoms in total. The number of thiophene rings is 1. The zero-order chi connectivity index (χ0) is 9.42. The van der Waals surface area contributed by atoms with Crippen molar-refractivity contribution in [3.63, 3.8) is 0 Å². The monoisotopic (exact) mass is 194 g/mol. The molecule has 2 aromatic heterocycles. The molecule has 0 spiro atoms. The Balaban J connectivity index is 2.67. The van der Waals surface area contributed by atoms with Crippen molar-refractivity contribution in [1.29, 1.82) is 0 Å². The SMILES string of the molecule is Cc1cc2cnc(C(=O)O)nc2s1. The van der Waals surface area contributed by atoms with Crippen LogP contribution in [0.5, 0.6) is 0 Å². The molecule has 0 aliphatic rings. The maximum atomic E-state index is 10.5. The van der Waals surface area contributed by atoms with Gasteiger partial charge in [0, 0.05) is 16.5 Å². The number of rotatable bonds is 1. The lowest BCUT2D eigenvalue weighted by atomic mass is 10.4. The zero-order valence-electron chi connectivity index (χ0n) is 6.81. The molecule has 0 bridgehead atoms. The fourth-order valence-corrected chi connectivity index (χ4v) is 1.91. The van der Waals surface area contributed by atoms with Gasteiger partial charge < -0.3 is 5.11 Å². The lowest BCUT2D eigenvalue weighted by Crippen LogP contribution is -2.02. The van der Waals surface area contributed by atoms with Gasteiger partial charge in [0.15, 0.2) is 0 Å². The molecule has 0 aromatic carbocycles. The van der Waals surface area contributed by atoms with Crippen molar-refractivity contribution in [2.75, 3.05) is 0 Å². The van der Waals surface area contributed by atoms with Crippen LogP contribution in [-0.2, 0) is 0 Å². The summed E-state index contributed by atoms with van der Waals surface area (Å²) < 4.78 is 0. The molecule has 13 heavy (non-hydrogen) atoms. The molecule has 5 heteroatoms. The van der Waals surface area contributed by atoms with E-state index in [0.29, 0.717) is 0 Å². The third kappa shape index (κ3) is 1.38. The van der Waals surface area contributed by atoms with E-state index in [4.69, 9.17) is 5.11 Å². The minimum absolute atomic E-state index is 0.144. The number of aromatic nitrogens is 2. The first kappa shape index (κ1) is 8.12. The van der Waals surface area contributed by atoms with E-state index in [1.54, 1.807) is 0 Å². The van der Waals surface area contributed by atoms with Crippen LogP contribution >= 0.6 is 11.3 Å². The summed E-state index contributed by atoms with van der Waals surface area (Å²) in [6.07, 6.45) is 1.54. The maximum Gasteiger partial charge on any atom is 0.373 e. The number of hydrogen-bond donors (Lipinski definition) is 1. The summed E-state index contributed by atoms with van der Waals surface area (Å²) >= 11 is 1.47. The van der Waals surface area contributed by atoms with E-state index in [2.05, 4.69) is 9.97 Å². The van der Waals surface area contributed by atoms with Crippen molar-refractivity contribution < 1.29 is 9.90 Å². The summed E-state index contributed by atoms with van der Waals surface area (Å²) in [6.45, 7) is 1.95. The molecule has 2 rings (SSSR count). The van der Waals surface area contributed by atoms with Crippen molar-refractivity contribution >= 4 is 27.5 Å². The van der Waals surface area contributed by atoms with Gasteiger partial charge in [-0.1, -0.05) is 0 Å². The highest BCUT2D eigenvalue weighted by Gasteiger charge is 2.08. The van der Waals surface area contributed by atoms with Crippen LogP contribution in [0.4, 0.5) is 0 Å². The van der Waals surface area contributed by atoms with Gasteiger partial charge in [-0.3, -0.25) is 0 Å². The summed E-state index contributed by atoms with van der Waals surface area (Å²) in [5.41, 5.74) is 0. The standard InChI is InChI=1S/C8H6N2O2S/c1-4-2-5-3-9-6(8(11)12)10-7(5)13-4/h2-3H,1H3,(H,11,12). The minimum Gasteiger partial charge on any atom is -0.475 e. The fourth-order valence-electron chi connectivity index (χ4n) is 1.06. The highest BCUT2D eigenvalue weighted by Crippen LogP contribution is 2.21. The topological polar surface area (TPSA) is 63.1 Å². The molecule has 0 fully saturated rings. The highest BCUT2D eigenvalue weighted by atomic mass is 32.1. The van der Waals surface area contributed by atoms with Gasteiger partial charge in [0.2, 0.25) is 5.82 Å². The van der Waals surface area contributed by atoms with Crippen LogP contribution in [0.2, 0.25) is 0 Å². The molecule has 0 radical (unpaired) electrons. The van der Waals surface area contributed by atoms with Gasteiger partial charge in [0.25, 0.3) is 0 Å². The third-order valence-electron chi connectivity index (χ3n) is 1.59. The van der Waals surface area contributed by atoms with Crippen molar-refractivity contribution in [3.8, 4) is 0 Å². The fraction of sp³-hybridized carbons (Fsp3) is 0.125. The van der Waals surface area contributed by atoms with Gasteiger partial charge in [-0.2, -0.15) is 0 Å². The van der Waals surface area contributed by atoms with Gasteiger partial charge in [-0.15, -0.1) is 11.3 Å². The quantitative estimate of drug-likeness (QED) is 0.750. The van der Waals surface area contributed by atoms with Gasteiger partial charge in [-0.05, 0) is 13.0 Å². The van der Waals surface area contributed by atoms with E-state index in [0.717, 1.165) is 15.1 Å².